The lowest BCUT2D eigenvalue weighted by Crippen LogP contribution is -2.05. The molecule has 0 atom stereocenters. The smallest absolute Gasteiger partial charge is 0.344 e. The second-order valence-corrected chi connectivity index (χ2v) is 12.4. The average Bonchev–Trinajstić information content (AvgIpc) is 3.00. The summed E-state index contributed by atoms with van der Waals surface area (Å²) in [6, 6.07) is 14.8. The molecule has 0 N–H and O–H groups in total. The third kappa shape index (κ3) is 11.5. The number of benzene rings is 2. The van der Waals surface area contributed by atoms with Gasteiger partial charge in [-0.3, -0.25) is 0 Å². The first-order chi connectivity index (χ1) is 20.5. The molecule has 5 heteroatoms. The lowest BCUT2D eigenvalue weighted by molar-refractivity contribution is -0.137. The Morgan fingerprint density at radius 2 is 1.55 bits per heavy atom. The molecule has 42 heavy (non-hydrogen) atoms. The molecule has 0 amide bonds. The Kier molecular flexibility index (Phi) is 15.6. The Morgan fingerprint density at radius 3 is 2.24 bits per heavy atom. The second-order valence-electron chi connectivity index (χ2n) is 11.2. The average molecular weight is 591 g/mol. The normalized spacial score (nSPS) is 11.2. The molecule has 0 saturated heterocycles. The molecule has 0 aliphatic heterocycles. The Bertz CT molecular complexity index is 1310. The van der Waals surface area contributed by atoms with Gasteiger partial charge in [-0.25, -0.2) is 9.59 Å². The predicted octanol–water partition coefficient (Wildman–Crippen LogP) is 10.5. The molecule has 0 aliphatic rings. The van der Waals surface area contributed by atoms with E-state index in [0.29, 0.717) is 17.8 Å². The summed E-state index contributed by atoms with van der Waals surface area (Å²) in [5.74, 6) is 0.752. The van der Waals surface area contributed by atoms with E-state index in [-0.39, 0.29) is 11.6 Å². The number of carbonyl (C=O) groups excluding carboxylic acids is 1. The van der Waals surface area contributed by atoms with Crippen molar-refractivity contribution < 1.29 is 13.9 Å². The van der Waals surface area contributed by atoms with Crippen molar-refractivity contribution in [2.24, 2.45) is 0 Å². The summed E-state index contributed by atoms with van der Waals surface area (Å²) < 4.78 is 10.8. The third-order valence-corrected chi connectivity index (χ3v) is 8.92. The highest BCUT2D eigenvalue weighted by Gasteiger charge is 2.13. The molecule has 4 nitrogen and oxygen atoms in total. The number of hydrogen-bond donors (Lipinski definition) is 0. The fraction of sp³-hybridized carbons (Fsp3) is 0.514. The van der Waals surface area contributed by atoms with Crippen LogP contribution in [0.3, 0.4) is 0 Å². The molecule has 0 radical (unpaired) electrons. The Morgan fingerprint density at radius 1 is 0.833 bits per heavy atom. The van der Waals surface area contributed by atoms with Crippen molar-refractivity contribution in [2.45, 2.75) is 115 Å². The first kappa shape index (κ1) is 33.7. The van der Waals surface area contributed by atoms with E-state index < -0.39 is 0 Å². The van der Waals surface area contributed by atoms with Gasteiger partial charge in [0, 0.05) is 16.4 Å². The van der Waals surface area contributed by atoms with E-state index in [1.807, 2.05) is 23.9 Å². The van der Waals surface area contributed by atoms with Crippen LogP contribution in [0.1, 0.15) is 108 Å². The summed E-state index contributed by atoms with van der Waals surface area (Å²) in [6.07, 6.45) is 19.0. The summed E-state index contributed by atoms with van der Waals surface area (Å²) >= 11 is 1.84. The first-order valence-corrected chi connectivity index (χ1v) is 17.2. The zero-order valence-electron chi connectivity index (χ0n) is 25.9. The van der Waals surface area contributed by atoms with E-state index in [2.05, 4.69) is 50.8 Å². The van der Waals surface area contributed by atoms with E-state index in [0.717, 1.165) is 47.3 Å². The molecule has 0 spiro atoms. The van der Waals surface area contributed by atoms with Crippen LogP contribution in [0.15, 0.2) is 69.2 Å². The minimum atomic E-state index is -0.326. The van der Waals surface area contributed by atoms with Gasteiger partial charge in [-0.05, 0) is 72.7 Å². The van der Waals surface area contributed by atoms with Crippen LogP contribution in [-0.2, 0) is 22.4 Å². The van der Waals surface area contributed by atoms with Gasteiger partial charge in [0.15, 0.2) is 0 Å². The van der Waals surface area contributed by atoms with E-state index >= 15 is 0 Å². The number of hydrogen-bond acceptors (Lipinski definition) is 5. The number of ether oxygens (including phenoxy) is 1. The van der Waals surface area contributed by atoms with Crippen LogP contribution < -0.4 is 5.63 Å². The first-order valence-electron chi connectivity index (χ1n) is 16.2. The quantitative estimate of drug-likeness (QED) is 0.0406. The number of aryl methyl sites for hydroxylation is 2. The van der Waals surface area contributed by atoms with Gasteiger partial charge in [-0.1, -0.05) is 109 Å². The lowest BCUT2D eigenvalue weighted by atomic mass is 9.94. The van der Waals surface area contributed by atoms with Crippen molar-refractivity contribution in [1.82, 2.24) is 0 Å². The molecule has 0 fully saturated rings. The zero-order valence-corrected chi connectivity index (χ0v) is 26.7. The van der Waals surface area contributed by atoms with Crippen molar-refractivity contribution in [1.29, 1.82) is 0 Å². The van der Waals surface area contributed by atoms with E-state index in [1.165, 1.54) is 87.8 Å². The van der Waals surface area contributed by atoms with Gasteiger partial charge in [0.2, 0.25) is 0 Å². The molecule has 0 unspecified atom stereocenters. The van der Waals surface area contributed by atoms with Crippen LogP contribution in [0, 0.1) is 0 Å². The van der Waals surface area contributed by atoms with Crippen molar-refractivity contribution in [3.8, 4) is 11.1 Å². The maximum Gasteiger partial charge on any atom is 0.344 e. The lowest BCUT2D eigenvalue weighted by Gasteiger charge is -2.11. The number of thioether (sulfide) groups is 1. The highest BCUT2D eigenvalue weighted by Crippen LogP contribution is 2.29. The third-order valence-electron chi connectivity index (χ3n) is 7.84. The van der Waals surface area contributed by atoms with Gasteiger partial charge >= 0.3 is 11.6 Å². The fourth-order valence-corrected chi connectivity index (χ4v) is 6.28. The van der Waals surface area contributed by atoms with Crippen molar-refractivity contribution in [3.63, 3.8) is 0 Å². The maximum atomic E-state index is 13.0. The fourth-order valence-electron chi connectivity index (χ4n) is 5.35. The summed E-state index contributed by atoms with van der Waals surface area (Å²) in [4.78, 5) is 25.2. The molecule has 0 saturated carbocycles. The van der Waals surface area contributed by atoms with Crippen LogP contribution in [0.25, 0.3) is 22.1 Å². The molecule has 2 aromatic carbocycles. The zero-order chi connectivity index (χ0) is 30.0. The molecule has 1 aromatic heterocycles. The topological polar surface area (TPSA) is 56.5 Å². The van der Waals surface area contributed by atoms with Crippen LogP contribution in [-0.4, -0.2) is 18.3 Å². The summed E-state index contributed by atoms with van der Waals surface area (Å²) in [7, 11) is 0. The SMILES string of the molecule is C=CC(=O)OCCCCCCCCCCCCSc1ccc2cc(-c3ccc(CCCCC)cc3CC)c(=O)oc2c1. The summed E-state index contributed by atoms with van der Waals surface area (Å²) in [5, 5.41) is 0.971. The highest BCUT2D eigenvalue weighted by molar-refractivity contribution is 7.99. The molecular weight excluding hydrogens is 540 g/mol. The molecule has 3 aromatic rings. The minimum Gasteiger partial charge on any atom is -0.463 e. The van der Waals surface area contributed by atoms with Gasteiger partial charge in [-0.2, -0.15) is 0 Å². The second kappa shape index (κ2) is 19.4. The van der Waals surface area contributed by atoms with Crippen LogP contribution in [0.4, 0.5) is 0 Å². The van der Waals surface area contributed by atoms with Crippen molar-refractivity contribution >= 4 is 28.7 Å². The number of fused-ring (bicyclic) bond motifs is 1. The molecule has 0 bridgehead atoms. The summed E-state index contributed by atoms with van der Waals surface area (Å²) in [5.41, 5.74) is 4.63. The molecule has 3 rings (SSSR count). The highest BCUT2D eigenvalue weighted by atomic mass is 32.2. The van der Waals surface area contributed by atoms with Gasteiger partial charge in [0.25, 0.3) is 0 Å². The van der Waals surface area contributed by atoms with Crippen LogP contribution >= 0.6 is 11.8 Å². The molecule has 0 aliphatic carbocycles. The Balaban J connectivity index is 1.38. The summed E-state index contributed by atoms with van der Waals surface area (Å²) in [6.45, 7) is 8.29. The number of carbonyl (C=O) groups is 1. The maximum absolute atomic E-state index is 13.0. The monoisotopic (exact) mass is 590 g/mol. The molecular formula is C37H50O4S. The number of unbranched alkanes of at least 4 members (excludes halogenated alkanes) is 11. The number of esters is 1. The van der Waals surface area contributed by atoms with Gasteiger partial charge < -0.3 is 9.15 Å². The van der Waals surface area contributed by atoms with E-state index in [9.17, 15) is 9.59 Å². The standard InChI is InChI=1S/C37H50O4S/c1-4-7-16-19-29-20-23-33(30(5-2)26-29)34-27-31-21-22-32(28-35(31)41-37(34)39)42-25-18-15-13-11-9-8-10-12-14-17-24-40-36(38)6-3/h6,20-23,26-28H,3-5,7-19,24-25H2,1-2H3. The van der Waals surface area contributed by atoms with Crippen molar-refractivity contribution in [2.75, 3.05) is 12.4 Å². The molecule has 1 heterocycles. The predicted molar refractivity (Wildman–Crippen MR) is 179 cm³/mol. The van der Waals surface area contributed by atoms with Gasteiger partial charge in [0.1, 0.15) is 5.58 Å². The largest absolute Gasteiger partial charge is 0.463 e. The van der Waals surface area contributed by atoms with E-state index in [1.54, 1.807) is 0 Å². The Hall–Kier alpha value is -2.79. The van der Waals surface area contributed by atoms with Gasteiger partial charge in [-0.15, -0.1) is 11.8 Å². The molecule has 228 valence electrons. The van der Waals surface area contributed by atoms with Crippen molar-refractivity contribution in [3.05, 3.63) is 76.7 Å². The van der Waals surface area contributed by atoms with Crippen LogP contribution in [0.5, 0.6) is 0 Å². The minimum absolute atomic E-state index is 0.257. The Labute approximate surface area is 257 Å². The van der Waals surface area contributed by atoms with Gasteiger partial charge in [0.05, 0.1) is 12.2 Å². The van der Waals surface area contributed by atoms with E-state index in [4.69, 9.17) is 9.15 Å². The number of rotatable bonds is 21. The van der Waals surface area contributed by atoms with Crippen LogP contribution in [0.2, 0.25) is 0 Å².